The summed E-state index contributed by atoms with van der Waals surface area (Å²) in [6.45, 7) is 6.09. The number of halogens is 1. The molecule has 1 aromatic rings. The maximum Gasteiger partial charge on any atom is 0.237 e. The van der Waals surface area contributed by atoms with Crippen LogP contribution >= 0.6 is 0 Å². The average molecular weight is 366 g/mol. The quantitative estimate of drug-likeness (QED) is 0.816. The molecular weight excluding hydrogens is 339 g/mol. The fourth-order valence-corrected chi connectivity index (χ4v) is 3.59. The number of ether oxygens (including phenoxy) is 2. The number of pyridine rings is 1. The van der Waals surface area contributed by atoms with Gasteiger partial charge in [0, 0.05) is 25.2 Å². The fraction of sp³-hybridized carbons (Fsp3) is 0.667. The number of amides is 1. The topological polar surface area (TPSA) is 75.7 Å². The first kappa shape index (κ1) is 18.8. The van der Waals surface area contributed by atoms with Crippen LogP contribution in [-0.4, -0.2) is 55.9 Å². The van der Waals surface area contributed by atoms with Crippen molar-refractivity contribution in [2.75, 3.05) is 31.6 Å². The molecule has 7 nitrogen and oxygen atoms in total. The number of carbonyl (C=O) groups excluding carboxylic acids is 1. The highest BCUT2D eigenvalue weighted by Crippen LogP contribution is 2.27. The van der Waals surface area contributed by atoms with Crippen LogP contribution < -0.4 is 20.3 Å². The van der Waals surface area contributed by atoms with Gasteiger partial charge in [-0.15, -0.1) is 0 Å². The molecule has 2 saturated heterocycles. The van der Waals surface area contributed by atoms with Gasteiger partial charge in [-0.2, -0.15) is 4.98 Å². The summed E-state index contributed by atoms with van der Waals surface area (Å²) in [5.41, 5.74) is 0.523. The Morgan fingerprint density at radius 2 is 2.19 bits per heavy atom. The van der Waals surface area contributed by atoms with Gasteiger partial charge in [0.2, 0.25) is 11.8 Å². The van der Waals surface area contributed by atoms with E-state index in [9.17, 15) is 9.18 Å². The molecule has 2 fully saturated rings. The standard InChI is InChI=1S/C18H27FN4O3/c1-11-9-23(10-12(2)26-11)16-14(19)7-13(18(22-16)25-3)8-21-17(24)15-5-4-6-20-15/h7,11-12,15,20H,4-6,8-10H2,1-3H3,(H,21,24). The molecule has 0 saturated carbocycles. The average Bonchev–Trinajstić information content (AvgIpc) is 3.13. The number of hydrogen-bond donors (Lipinski definition) is 2. The maximum absolute atomic E-state index is 14.7. The largest absolute Gasteiger partial charge is 0.481 e. The zero-order valence-electron chi connectivity index (χ0n) is 15.5. The van der Waals surface area contributed by atoms with Crippen LogP contribution in [-0.2, 0) is 16.1 Å². The first-order chi connectivity index (χ1) is 12.5. The smallest absolute Gasteiger partial charge is 0.237 e. The summed E-state index contributed by atoms with van der Waals surface area (Å²) in [5.74, 6) is 0.0875. The van der Waals surface area contributed by atoms with E-state index < -0.39 is 5.82 Å². The third-order valence-corrected chi connectivity index (χ3v) is 4.74. The van der Waals surface area contributed by atoms with Gasteiger partial charge in [0.15, 0.2) is 11.6 Å². The van der Waals surface area contributed by atoms with Gasteiger partial charge in [-0.25, -0.2) is 4.39 Å². The van der Waals surface area contributed by atoms with E-state index in [0.717, 1.165) is 19.4 Å². The Balaban J connectivity index is 1.73. The third-order valence-electron chi connectivity index (χ3n) is 4.74. The number of carbonyl (C=O) groups is 1. The van der Waals surface area contributed by atoms with Crippen molar-refractivity contribution in [2.45, 2.75) is 51.5 Å². The molecule has 0 aromatic carbocycles. The summed E-state index contributed by atoms with van der Waals surface area (Å²) in [7, 11) is 1.50. The minimum atomic E-state index is -0.421. The van der Waals surface area contributed by atoms with Crippen LogP contribution in [0.15, 0.2) is 6.07 Å². The number of hydrogen-bond acceptors (Lipinski definition) is 6. The summed E-state index contributed by atoms with van der Waals surface area (Å²) in [6, 6.07) is 1.23. The van der Waals surface area contributed by atoms with Gasteiger partial charge in [-0.05, 0) is 39.3 Å². The Kier molecular flexibility index (Phi) is 5.93. The Bertz CT molecular complexity index is 642. The van der Waals surface area contributed by atoms with E-state index in [2.05, 4.69) is 15.6 Å². The van der Waals surface area contributed by atoms with Crippen LogP contribution in [0.4, 0.5) is 10.2 Å². The summed E-state index contributed by atoms with van der Waals surface area (Å²) in [6.07, 6.45) is 1.82. The molecule has 3 unspecified atom stereocenters. The van der Waals surface area contributed by atoms with Crippen molar-refractivity contribution in [2.24, 2.45) is 0 Å². The van der Waals surface area contributed by atoms with Gasteiger partial charge < -0.3 is 25.0 Å². The first-order valence-corrected chi connectivity index (χ1v) is 9.12. The van der Waals surface area contributed by atoms with Crippen LogP contribution in [0.3, 0.4) is 0 Å². The Labute approximate surface area is 153 Å². The van der Waals surface area contributed by atoms with Crippen molar-refractivity contribution in [3.8, 4) is 5.88 Å². The molecule has 2 aliphatic heterocycles. The lowest BCUT2D eigenvalue weighted by atomic mass is 10.2. The fourth-order valence-electron chi connectivity index (χ4n) is 3.59. The van der Waals surface area contributed by atoms with Crippen LogP contribution in [0.1, 0.15) is 32.3 Å². The zero-order chi connectivity index (χ0) is 18.7. The summed E-state index contributed by atoms with van der Waals surface area (Å²) in [4.78, 5) is 18.4. The third kappa shape index (κ3) is 4.24. The molecule has 26 heavy (non-hydrogen) atoms. The second-order valence-corrected chi connectivity index (χ2v) is 6.99. The number of nitrogens with one attached hydrogen (secondary N) is 2. The molecule has 3 rings (SSSR count). The van der Waals surface area contributed by atoms with Gasteiger partial charge in [0.05, 0.1) is 25.4 Å². The molecule has 2 aliphatic rings. The van der Waals surface area contributed by atoms with Crippen molar-refractivity contribution >= 4 is 11.7 Å². The van der Waals surface area contributed by atoms with Crippen molar-refractivity contribution in [1.82, 2.24) is 15.6 Å². The minimum absolute atomic E-state index is 0.00354. The minimum Gasteiger partial charge on any atom is -0.481 e. The highest BCUT2D eigenvalue weighted by atomic mass is 19.1. The predicted octanol–water partition coefficient (Wildman–Crippen LogP) is 1.21. The maximum atomic E-state index is 14.7. The van der Waals surface area contributed by atoms with Crippen LogP contribution in [0.5, 0.6) is 5.88 Å². The molecule has 0 radical (unpaired) electrons. The number of methoxy groups -OCH3 is 1. The molecule has 144 valence electrons. The Morgan fingerprint density at radius 1 is 1.46 bits per heavy atom. The highest BCUT2D eigenvalue weighted by molar-refractivity contribution is 5.82. The number of anilines is 1. The molecule has 0 aliphatic carbocycles. The monoisotopic (exact) mass is 366 g/mol. The second-order valence-electron chi connectivity index (χ2n) is 6.99. The van der Waals surface area contributed by atoms with E-state index in [-0.39, 0.29) is 36.5 Å². The van der Waals surface area contributed by atoms with E-state index in [1.807, 2.05) is 18.7 Å². The molecule has 2 N–H and O–H groups in total. The molecule has 3 atom stereocenters. The first-order valence-electron chi connectivity index (χ1n) is 9.12. The van der Waals surface area contributed by atoms with E-state index >= 15 is 0 Å². The van der Waals surface area contributed by atoms with Gasteiger partial charge in [-0.1, -0.05) is 0 Å². The second kappa shape index (κ2) is 8.18. The Hall–Kier alpha value is -1.93. The van der Waals surface area contributed by atoms with Gasteiger partial charge in [0.25, 0.3) is 0 Å². The van der Waals surface area contributed by atoms with E-state index in [0.29, 0.717) is 24.5 Å². The summed E-state index contributed by atoms with van der Waals surface area (Å²) >= 11 is 0. The van der Waals surface area contributed by atoms with Crippen molar-refractivity contribution < 1.29 is 18.7 Å². The van der Waals surface area contributed by atoms with E-state index in [1.165, 1.54) is 13.2 Å². The van der Waals surface area contributed by atoms with Gasteiger partial charge >= 0.3 is 0 Å². The van der Waals surface area contributed by atoms with Crippen molar-refractivity contribution in [1.29, 1.82) is 0 Å². The van der Waals surface area contributed by atoms with Crippen LogP contribution in [0, 0.1) is 5.82 Å². The summed E-state index contributed by atoms with van der Waals surface area (Å²) < 4.78 is 25.7. The molecule has 0 bridgehead atoms. The highest BCUT2D eigenvalue weighted by Gasteiger charge is 2.27. The number of morpholine rings is 1. The van der Waals surface area contributed by atoms with Crippen LogP contribution in [0.25, 0.3) is 0 Å². The normalized spacial score (nSPS) is 26.0. The lowest BCUT2D eigenvalue weighted by molar-refractivity contribution is -0.122. The molecule has 0 spiro atoms. The number of nitrogens with zero attached hydrogens (tertiary/aromatic N) is 2. The molecule has 8 heteroatoms. The number of aromatic nitrogens is 1. The van der Waals surface area contributed by atoms with Crippen LogP contribution in [0.2, 0.25) is 0 Å². The molecule has 1 amide bonds. The molecule has 3 heterocycles. The zero-order valence-corrected chi connectivity index (χ0v) is 15.5. The lowest BCUT2D eigenvalue weighted by Crippen LogP contribution is -2.46. The van der Waals surface area contributed by atoms with Gasteiger partial charge in [0.1, 0.15) is 0 Å². The lowest BCUT2D eigenvalue weighted by Gasteiger charge is -2.36. The Morgan fingerprint density at radius 3 is 2.81 bits per heavy atom. The molecular formula is C18H27FN4O3. The van der Waals surface area contributed by atoms with Crippen molar-refractivity contribution in [3.05, 3.63) is 17.4 Å². The van der Waals surface area contributed by atoms with E-state index in [4.69, 9.17) is 9.47 Å². The van der Waals surface area contributed by atoms with Crippen molar-refractivity contribution in [3.63, 3.8) is 0 Å². The van der Waals surface area contributed by atoms with Gasteiger partial charge in [-0.3, -0.25) is 4.79 Å². The number of rotatable bonds is 5. The predicted molar refractivity (Wildman–Crippen MR) is 95.8 cm³/mol. The SMILES string of the molecule is COc1nc(N2CC(C)OC(C)C2)c(F)cc1CNC(=O)C1CCCN1. The van der Waals surface area contributed by atoms with E-state index in [1.54, 1.807) is 0 Å². The molecule has 1 aromatic heterocycles. The summed E-state index contributed by atoms with van der Waals surface area (Å²) in [5, 5.41) is 5.98.